The van der Waals surface area contributed by atoms with Gasteiger partial charge in [0, 0.05) is 11.6 Å². The second-order valence-corrected chi connectivity index (χ2v) is 3.10. The Morgan fingerprint density at radius 3 is 2.79 bits per heavy atom. The quantitative estimate of drug-likeness (QED) is 0.756. The molecule has 1 rings (SSSR count). The number of aliphatic hydroxyl groups excluding tert-OH is 2. The van der Waals surface area contributed by atoms with E-state index in [1.165, 1.54) is 12.1 Å². The molecule has 78 valence electrons. The van der Waals surface area contributed by atoms with Crippen LogP contribution in [0.2, 0.25) is 0 Å². The van der Waals surface area contributed by atoms with E-state index in [1.54, 1.807) is 0 Å². The summed E-state index contributed by atoms with van der Waals surface area (Å²) in [6, 6.07) is 2.74. The molecule has 2 N–H and O–H groups in total. The number of hydrogen-bond acceptors (Lipinski definition) is 4. The zero-order chi connectivity index (χ0) is 10.6. The normalized spacial score (nSPS) is 12.8. The number of aliphatic hydroxyl groups is 2. The first-order valence-corrected chi connectivity index (χ1v) is 4.61. The maximum absolute atomic E-state index is 10.8. The van der Waals surface area contributed by atoms with E-state index in [4.69, 9.17) is 9.52 Å². The molecule has 0 aliphatic heterocycles. The van der Waals surface area contributed by atoms with Crippen molar-refractivity contribution in [3.8, 4) is 0 Å². The van der Waals surface area contributed by atoms with Gasteiger partial charge in [0.05, 0.1) is 6.10 Å². The highest BCUT2D eigenvalue weighted by Gasteiger charge is 2.13. The summed E-state index contributed by atoms with van der Waals surface area (Å²) in [5.74, 6) is 0.151. The average Bonchev–Trinajstić information content (AvgIpc) is 2.17. The van der Waals surface area contributed by atoms with Crippen LogP contribution in [0.15, 0.2) is 21.3 Å². The van der Waals surface area contributed by atoms with Crippen molar-refractivity contribution in [3.63, 3.8) is 0 Å². The zero-order valence-corrected chi connectivity index (χ0v) is 8.06. The largest absolute Gasteiger partial charge is 0.425 e. The molecule has 0 saturated heterocycles. The molecule has 14 heavy (non-hydrogen) atoms. The van der Waals surface area contributed by atoms with Gasteiger partial charge >= 0.3 is 5.63 Å². The first kappa shape index (κ1) is 10.9. The lowest BCUT2D eigenvalue weighted by atomic mass is 10.1. The molecule has 1 atom stereocenters. The van der Waals surface area contributed by atoms with Crippen LogP contribution in [-0.4, -0.2) is 10.2 Å². The smallest absolute Gasteiger partial charge is 0.335 e. The average molecular weight is 198 g/mol. The Labute approximate surface area is 81.8 Å². The van der Waals surface area contributed by atoms with Crippen molar-refractivity contribution < 1.29 is 14.6 Å². The van der Waals surface area contributed by atoms with E-state index in [1.807, 2.05) is 6.92 Å². The van der Waals surface area contributed by atoms with Crippen LogP contribution in [-0.2, 0) is 6.61 Å². The molecule has 1 aromatic heterocycles. The molecular weight excluding hydrogens is 184 g/mol. The Morgan fingerprint density at radius 1 is 1.50 bits per heavy atom. The fraction of sp³-hybridized carbons (Fsp3) is 0.500. The zero-order valence-electron chi connectivity index (χ0n) is 8.06. The standard InChI is InChI=1S/C10H14O4/c1-2-3-8(12)7-4-5-10(13)14-9(7)6-11/h4-5,8,11-12H,2-3,6H2,1H3. The maximum atomic E-state index is 10.8. The van der Waals surface area contributed by atoms with Gasteiger partial charge in [0.15, 0.2) is 0 Å². The molecule has 0 aliphatic rings. The molecule has 0 saturated carbocycles. The molecule has 1 unspecified atom stereocenters. The number of rotatable bonds is 4. The minimum Gasteiger partial charge on any atom is -0.425 e. The Morgan fingerprint density at radius 2 is 2.21 bits per heavy atom. The SMILES string of the molecule is CCCC(O)c1ccc(=O)oc1CO. The van der Waals surface area contributed by atoms with Crippen LogP contribution in [0.3, 0.4) is 0 Å². The summed E-state index contributed by atoms with van der Waals surface area (Å²) in [6.45, 7) is 1.58. The van der Waals surface area contributed by atoms with Gasteiger partial charge in [-0.05, 0) is 12.5 Å². The van der Waals surface area contributed by atoms with Gasteiger partial charge in [-0.3, -0.25) is 0 Å². The third-order valence-corrected chi connectivity index (χ3v) is 2.01. The monoisotopic (exact) mass is 198 g/mol. The molecule has 0 bridgehead atoms. The van der Waals surface area contributed by atoms with E-state index < -0.39 is 11.7 Å². The lowest BCUT2D eigenvalue weighted by Crippen LogP contribution is -2.07. The summed E-state index contributed by atoms with van der Waals surface area (Å²) in [7, 11) is 0. The van der Waals surface area contributed by atoms with E-state index in [-0.39, 0.29) is 12.4 Å². The first-order chi connectivity index (χ1) is 6.69. The maximum Gasteiger partial charge on any atom is 0.335 e. The Hall–Kier alpha value is -1.13. The third kappa shape index (κ3) is 2.43. The van der Waals surface area contributed by atoms with Gasteiger partial charge in [0.1, 0.15) is 12.4 Å². The Bertz CT molecular complexity index is 342. The molecule has 0 aromatic carbocycles. The second kappa shape index (κ2) is 4.93. The summed E-state index contributed by atoms with van der Waals surface area (Å²) < 4.78 is 4.76. The third-order valence-electron chi connectivity index (χ3n) is 2.01. The van der Waals surface area contributed by atoms with Gasteiger partial charge in [-0.2, -0.15) is 0 Å². The van der Waals surface area contributed by atoms with Crippen LogP contribution in [0.25, 0.3) is 0 Å². The predicted octanol–water partition coefficient (Wildman–Crippen LogP) is 0.966. The van der Waals surface area contributed by atoms with Crippen molar-refractivity contribution in [2.75, 3.05) is 0 Å². The highest BCUT2D eigenvalue weighted by atomic mass is 16.4. The van der Waals surface area contributed by atoms with E-state index in [0.29, 0.717) is 12.0 Å². The van der Waals surface area contributed by atoms with Gasteiger partial charge in [0.25, 0.3) is 0 Å². The van der Waals surface area contributed by atoms with E-state index >= 15 is 0 Å². The number of hydrogen-bond donors (Lipinski definition) is 2. The van der Waals surface area contributed by atoms with Gasteiger partial charge < -0.3 is 14.6 Å². The molecule has 0 fully saturated rings. The summed E-state index contributed by atoms with van der Waals surface area (Å²) in [6.07, 6.45) is 0.734. The topological polar surface area (TPSA) is 70.7 Å². The van der Waals surface area contributed by atoms with Crippen LogP contribution in [0.1, 0.15) is 37.2 Å². The van der Waals surface area contributed by atoms with Crippen molar-refractivity contribution >= 4 is 0 Å². The van der Waals surface area contributed by atoms with Crippen LogP contribution in [0.4, 0.5) is 0 Å². The minimum absolute atomic E-state index is 0.151. The van der Waals surface area contributed by atoms with Gasteiger partial charge in [-0.15, -0.1) is 0 Å². The second-order valence-electron chi connectivity index (χ2n) is 3.10. The molecule has 1 heterocycles. The molecule has 0 spiro atoms. The highest BCUT2D eigenvalue weighted by molar-refractivity contribution is 5.18. The van der Waals surface area contributed by atoms with Crippen LogP contribution < -0.4 is 5.63 Å². The highest BCUT2D eigenvalue weighted by Crippen LogP contribution is 2.20. The molecule has 4 nitrogen and oxygen atoms in total. The lowest BCUT2D eigenvalue weighted by molar-refractivity contribution is 0.153. The van der Waals surface area contributed by atoms with Crippen LogP contribution in [0.5, 0.6) is 0 Å². The Kier molecular flexibility index (Phi) is 3.85. The van der Waals surface area contributed by atoms with Crippen molar-refractivity contribution in [1.82, 2.24) is 0 Å². The Balaban J connectivity index is 3.01. The van der Waals surface area contributed by atoms with E-state index in [9.17, 15) is 9.90 Å². The molecule has 4 heteroatoms. The van der Waals surface area contributed by atoms with E-state index in [0.717, 1.165) is 6.42 Å². The molecule has 0 amide bonds. The molecule has 0 radical (unpaired) electrons. The lowest BCUT2D eigenvalue weighted by Gasteiger charge is -2.11. The van der Waals surface area contributed by atoms with Crippen LogP contribution in [0, 0.1) is 0 Å². The predicted molar refractivity (Wildman–Crippen MR) is 50.8 cm³/mol. The summed E-state index contributed by atoms with van der Waals surface area (Å²) in [4.78, 5) is 10.8. The van der Waals surface area contributed by atoms with Crippen LogP contribution >= 0.6 is 0 Å². The minimum atomic E-state index is -0.675. The fourth-order valence-electron chi connectivity index (χ4n) is 1.31. The van der Waals surface area contributed by atoms with Crippen molar-refractivity contribution in [2.45, 2.75) is 32.5 Å². The van der Waals surface area contributed by atoms with Crippen molar-refractivity contribution in [1.29, 1.82) is 0 Å². The van der Waals surface area contributed by atoms with Gasteiger partial charge in [-0.1, -0.05) is 13.3 Å². The van der Waals surface area contributed by atoms with Crippen molar-refractivity contribution in [3.05, 3.63) is 33.9 Å². The fourth-order valence-corrected chi connectivity index (χ4v) is 1.31. The molecular formula is C10H14O4. The summed E-state index contributed by atoms with van der Waals surface area (Å²) in [5, 5.41) is 18.6. The molecule has 1 aromatic rings. The van der Waals surface area contributed by atoms with Gasteiger partial charge in [0.2, 0.25) is 0 Å². The first-order valence-electron chi connectivity index (χ1n) is 4.61. The van der Waals surface area contributed by atoms with E-state index in [2.05, 4.69) is 0 Å². The van der Waals surface area contributed by atoms with Gasteiger partial charge in [-0.25, -0.2) is 4.79 Å². The summed E-state index contributed by atoms with van der Waals surface area (Å²) >= 11 is 0. The molecule has 0 aliphatic carbocycles. The van der Waals surface area contributed by atoms with Crippen molar-refractivity contribution in [2.24, 2.45) is 0 Å². The summed E-state index contributed by atoms with van der Waals surface area (Å²) in [5.41, 5.74) is -0.0181.